The zero-order valence-electron chi connectivity index (χ0n) is 12.2. The van der Waals surface area contributed by atoms with Crippen LogP contribution in [0.2, 0.25) is 0 Å². The molecular formula is C15H21F2N3O. The van der Waals surface area contributed by atoms with Crippen LogP contribution in [0.1, 0.15) is 24.9 Å². The molecule has 6 heteroatoms. The first-order chi connectivity index (χ1) is 10.1. The largest absolute Gasteiger partial charge is 0.348 e. The zero-order chi connectivity index (χ0) is 15.2. The van der Waals surface area contributed by atoms with Crippen molar-refractivity contribution in [1.29, 1.82) is 0 Å². The zero-order valence-corrected chi connectivity index (χ0v) is 12.2. The van der Waals surface area contributed by atoms with Gasteiger partial charge in [0.25, 0.3) is 0 Å². The number of nitrogens with zero attached hydrogens (tertiary/aromatic N) is 1. The molecule has 0 aromatic heterocycles. The molecule has 2 N–H and O–H groups in total. The number of nitrogens with one attached hydrogen (secondary N) is 2. The minimum Gasteiger partial charge on any atom is -0.348 e. The molecule has 1 atom stereocenters. The normalized spacial score (nSPS) is 18.0. The molecule has 116 valence electrons. The van der Waals surface area contributed by atoms with E-state index in [0.717, 1.165) is 50.8 Å². The van der Waals surface area contributed by atoms with Crippen molar-refractivity contribution in [3.63, 3.8) is 0 Å². The predicted octanol–water partition coefficient (Wildman–Crippen LogP) is 1.44. The summed E-state index contributed by atoms with van der Waals surface area (Å²) in [5, 5.41) is 5.99. The van der Waals surface area contributed by atoms with Crippen LogP contribution in [0.4, 0.5) is 8.78 Å². The smallest absolute Gasteiger partial charge is 0.234 e. The summed E-state index contributed by atoms with van der Waals surface area (Å²) in [7, 11) is 0. The Hall–Kier alpha value is -1.53. The first-order valence-corrected chi connectivity index (χ1v) is 7.23. The first kappa shape index (κ1) is 15.9. The standard InChI is InChI=1S/C15H21F2N3O/c1-11(13-9-12(16)3-4-14(13)17)19-15(21)10-20-7-2-5-18-6-8-20/h3-4,9,11,18H,2,5-8,10H2,1H3,(H,19,21). The fourth-order valence-corrected chi connectivity index (χ4v) is 2.47. The van der Waals surface area contributed by atoms with Crippen LogP contribution in [0.25, 0.3) is 0 Å². The van der Waals surface area contributed by atoms with Gasteiger partial charge in [-0.15, -0.1) is 0 Å². The van der Waals surface area contributed by atoms with Crippen LogP contribution in [0.5, 0.6) is 0 Å². The summed E-state index contributed by atoms with van der Waals surface area (Å²) in [5.74, 6) is -1.19. The van der Waals surface area contributed by atoms with Gasteiger partial charge in [0, 0.05) is 18.7 Å². The van der Waals surface area contributed by atoms with Gasteiger partial charge in [-0.1, -0.05) is 0 Å². The van der Waals surface area contributed by atoms with E-state index < -0.39 is 17.7 Å². The molecule has 0 saturated carbocycles. The maximum Gasteiger partial charge on any atom is 0.234 e. The Bertz CT molecular complexity index is 488. The second-order valence-electron chi connectivity index (χ2n) is 5.33. The Balaban J connectivity index is 1.90. The topological polar surface area (TPSA) is 44.4 Å². The highest BCUT2D eigenvalue weighted by atomic mass is 19.1. The van der Waals surface area contributed by atoms with Gasteiger partial charge >= 0.3 is 0 Å². The second-order valence-corrected chi connectivity index (χ2v) is 5.33. The highest BCUT2D eigenvalue weighted by molar-refractivity contribution is 5.78. The Morgan fingerprint density at radius 1 is 1.38 bits per heavy atom. The third-order valence-corrected chi connectivity index (χ3v) is 3.60. The third kappa shape index (κ3) is 4.75. The number of hydrogen-bond acceptors (Lipinski definition) is 3. The van der Waals surface area contributed by atoms with Gasteiger partial charge in [-0.05, 0) is 44.6 Å². The number of hydrogen-bond donors (Lipinski definition) is 2. The molecule has 1 heterocycles. The molecular weight excluding hydrogens is 276 g/mol. The van der Waals surface area contributed by atoms with E-state index in [1.165, 1.54) is 0 Å². The van der Waals surface area contributed by atoms with Crippen molar-refractivity contribution in [3.8, 4) is 0 Å². The van der Waals surface area contributed by atoms with E-state index in [2.05, 4.69) is 15.5 Å². The average Bonchev–Trinajstić information content (AvgIpc) is 2.70. The van der Waals surface area contributed by atoms with Crippen molar-refractivity contribution in [3.05, 3.63) is 35.4 Å². The van der Waals surface area contributed by atoms with Crippen molar-refractivity contribution in [2.75, 3.05) is 32.7 Å². The van der Waals surface area contributed by atoms with Gasteiger partial charge in [0.1, 0.15) is 11.6 Å². The van der Waals surface area contributed by atoms with E-state index in [4.69, 9.17) is 0 Å². The van der Waals surface area contributed by atoms with E-state index in [9.17, 15) is 13.6 Å². The molecule has 1 aromatic rings. The fourth-order valence-electron chi connectivity index (χ4n) is 2.47. The minimum absolute atomic E-state index is 0.167. The van der Waals surface area contributed by atoms with Crippen LogP contribution < -0.4 is 10.6 Å². The van der Waals surface area contributed by atoms with Gasteiger partial charge in [-0.2, -0.15) is 0 Å². The summed E-state index contributed by atoms with van der Waals surface area (Å²) in [4.78, 5) is 14.1. The molecule has 0 spiro atoms. The van der Waals surface area contributed by atoms with Gasteiger partial charge in [0.05, 0.1) is 12.6 Å². The molecule has 1 aliphatic rings. The van der Waals surface area contributed by atoms with Crippen molar-refractivity contribution in [2.24, 2.45) is 0 Å². The van der Waals surface area contributed by atoms with Crippen molar-refractivity contribution < 1.29 is 13.6 Å². The van der Waals surface area contributed by atoms with E-state index in [1.807, 2.05) is 0 Å². The highest BCUT2D eigenvalue weighted by Crippen LogP contribution is 2.17. The summed E-state index contributed by atoms with van der Waals surface area (Å²) in [6, 6.07) is 2.71. The van der Waals surface area contributed by atoms with Gasteiger partial charge in [-0.3, -0.25) is 9.69 Å². The molecule has 21 heavy (non-hydrogen) atoms. The summed E-state index contributed by atoms with van der Waals surface area (Å²) < 4.78 is 26.8. The van der Waals surface area contributed by atoms with Crippen LogP contribution in [0.3, 0.4) is 0 Å². The SMILES string of the molecule is CC(NC(=O)CN1CCCNCC1)c1cc(F)ccc1F. The van der Waals surface area contributed by atoms with E-state index >= 15 is 0 Å². The van der Waals surface area contributed by atoms with E-state index in [1.54, 1.807) is 6.92 Å². The number of carbonyl (C=O) groups is 1. The maximum atomic E-state index is 13.6. The van der Waals surface area contributed by atoms with Crippen LogP contribution in [0.15, 0.2) is 18.2 Å². The summed E-state index contributed by atoms with van der Waals surface area (Å²) >= 11 is 0. The molecule has 1 unspecified atom stereocenters. The van der Waals surface area contributed by atoms with Crippen LogP contribution in [-0.2, 0) is 4.79 Å². The third-order valence-electron chi connectivity index (χ3n) is 3.60. The van der Waals surface area contributed by atoms with Gasteiger partial charge < -0.3 is 10.6 Å². The Morgan fingerprint density at radius 3 is 3.00 bits per heavy atom. The lowest BCUT2D eigenvalue weighted by Gasteiger charge is -2.21. The lowest BCUT2D eigenvalue weighted by molar-refractivity contribution is -0.122. The molecule has 4 nitrogen and oxygen atoms in total. The van der Waals surface area contributed by atoms with Crippen LogP contribution in [0, 0.1) is 11.6 Å². The summed E-state index contributed by atoms with van der Waals surface area (Å²) in [6.07, 6.45) is 1.00. The molecule has 1 saturated heterocycles. The van der Waals surface area contributed by atoms with Gasteiger partial charge in [-0.25, -0.2) is 8.78 Å². The Kier molecular flexibility index (Phi) is 5.64. The fraction of sp³-hybridized carbons (Fsp3) is 0.533. The quantitative estimate of drug-likeness (QED) is 0.884. The lowest BCUT2D eigenvalue weighted by Crippen LogP contribution is -2.39. The molecule has 0 bridgehead atoms. The molecule has 1 amide bonds. The van der Waals surface area contributed by atoms with Crippen molar-refractivity contribution in [1.82, 2.24) is 15.5 Å². The summed E-state index contributed by atoms with van der Waals surface area (Å²) in [6.45, 7) is 5.44. The minimum atomic E-state index is -0.557. The summed E-state index contributed by atoms with van der Waals surface area (Å²) in [5.41, 5.74) is 0.167. The first-order valence-electron chi connectivity index (χ1n) is 7.23. The molecule has 0 radical (unpaired) electrons. The highest BCUT2D eigenvalue weighted by Gasteiger charge is 2.17. The molecule has 1 fully saturated rings. The van der Waals surface area contributed by atoms with Gasteiger partial charge in [0.15, 0.2) is 0 Å². The van der Waals surface area contributed by atoms with Gasteiger partial charge in [0.2, 0.25) is 5.91 Å². The Labute approximate surface area is 123 Å². The molecule has 2 rings (SSSR count). The van der Waals surface area contributed by atoms with Crippen LogP contribution in [-0.4, -0.2) is 43.5 Å². The number of benzene rings is 1. The maximum absolute atomic E-state index is 13.6. The molecule has 1 aromatic carbocycles. The number of carbonyl (C=O) groups excluding carboxylic acids is 1. The molecule has 0 aliphatic carbocycles. The average molecular weight is 297 g/mol. The van der Waals surface area contributed by atoms with Crippen molar-refractivity contribution in [2.45, 2.75) is 19.4 Å². The van der Waals surface area contributed by atoms with E-state index in [-0.39, 0.29) is 18.0 Å². The predicted molar refractivity (Wildman–Crippen MR) is 76.8 cm³/mol. The number of rotatable bonds is 4. The van der Waals surface area contributed by atoms with Crippen LogP contribution >= 0.6 is 0 Å². The lowest BCUT2D eigenvalue weighted by atomic mass is 10.1. The second kappa shape index (κ2) is 7.47. The van der Waals surface area contributed by atoms with E-state index in [0.29, 0.717) is 0 Å². The monoisotopic (exact) mass is 297 g/mol. The number of halogens is 2. The van der Waals surface area contributed by atoms with Crippen molar-refractivity contribution >= 4 is 5.91 Å². The number of amides is 1. The molecule has 1 aliphatic heterocycles. The Morgan fingerprint density at radius 2 is 2.19 bits per heavy atom.